The molecular weight excluding hydrogens is 324 g/mol. The van der Waals surface area contributed by atoms with E-state index in [1.807, 2.05) is 5.57 Å². The molecule has 0 N–H and O–H groups in total. The Hall–Kier alpha value is -0.260. The van der Waals surface area contributed by atoms with Crippen molar-refractivity contribution in [2.45, 2.75) is 112 Å². The number of hydrogen-bond acceptors (Lipinski definition) is 0. The van der Waals surface area contributed by atoms with E-state index in [0.29, 0.717) is 10.8 Å². The Morgan fingerprint density at radius 1 is 0.926 bits per heavy atom. The van der Waals surface area contributed by atoms with E-state index in [2.05, 4.69) is 40.7 Å². The topological polar surface area (TPSA) is 0 Å². The SMILES string of the molecule is CC(C)CCC[C@@H](C)C1=CC[C@H]2[C@@H]3CCC4CCCC[C@]4(C)[C@H]3CC[C@]12C. The van der Waals surface area contributed by atoms with E-state index in [1.54, 1.807) is 12.8 Å². The number of allylic oxidation sites excluding steroid dienone is 2. The molecule has 0 aromatic heterocycles. The van der Waals surface area contributed by atoms with Gasteiger partial charge in [0.15, 0.2) is 0 Å². The van der Waals surface area contributed by atoms with E-state index in [0.717, 1.165) is 35.5 Å². The van der Waals surface area contributed by atoms with Gasteiger partial charge in [-0.25, -0.2) is 0 Å². The van der Waals surface area contributed by atoms with Gasteiger partial charge >= 0.3 is 0 Å². The van der Waals surface area contributed by atoms with Gasteiger partial charge in [-0.05, 0) is 97.7 Å². The Kier molecular flexibility index (Phi) is 5.59. The molecule has 7 atom stereocenters. The largest absolute Gasteiger partial charge is 0.0842 e. The quantitative estimate of drug-likeness (QED) is 0.426. The zero-order valence-corrected chi connectivity index (χ0v) is 19.0. The van der Waals surface area contributed by atoms with Crippen molar-refractivity contribution < 1.29 is 0 Å². The van der Waals surface area contributed by atoms with E-state index in [1.165, 1.54) is 64.2 Å². The summed E-state index contributed by atoms with van der Waals surface area (Å²) in [5.41, 5.74) is 3.11. The lowest BCUT2D eigenvalue weighted by Gasteiger charge is -2.60. The average Bonchev–Trinajstić information content (AvgIpc) is 2.98. The predicted molar refractivity (Wildman–Crippen MR) is 118 cm³/mol. The maximum atomic E-state index is 2.74. The highest BCUT2D eigenvalue weighted by molar-refractivity contribution is 5.27. The fraction of sp³-hybridized carbons (Fsp3) is 0.926. The highest BCUT2D eigenvalue weighted by Crippen LogP contribution is 2.67. The van der Waals surface area contributed by atoms with Gasteiger partial charge in [0.25, 0.3) is 0 Å². The molecule has 27 heavy (non-hydrogen) atoms. The minimum atomic E-state index is 0.538. The Labute approximate surface area is 170 Å². The minimum absolute atomic E-state index is 0.538. The summed E-state index contributed by atoms with van der Waals surface area (Å²) in [6.45, 7) is 12.7. The summed E-state index contributed by atoms with van der Waals surface area (Å²) >= 11 is 0. The number of rotatable bonds is 5. The van der Waals surface area contributed by atoms with Gasteiger partial charge in [0.1, 0.15) is 0 Å². The zero-order chi connectivity index (χ0) is 19.2. The van der Waals surface area contributed by atoms with E-state index in [9.17, 15) is 0 Å². The zero-order valence-electron chi connectivity index (χ0n) is 19.0. The van der Waals surface area contributed by atoms with Crippen molar-refractivity contribution in [1.82, 2.24) is 0 Å². The summed E-state index contributed by atoms with van der Waals surface area (Å²) in [6, 6.07) is 0. The third-order valence-corrected chi connectivity index (χ3v) is 10.2. The summed E-state index contributed by atoms with van der Waals surface area (Å²) < 4.78 is 0. The molecule has 0 aromatic carbocycles. The predicted octanol–water partition coefficient (Wildman–Crippen LogP) is 8.42. The van der Waals surface area contributed by atoms with Crippen LogP contribution in [-0.4, -0.2) is 0 Å². The van der Waals surface area contributed by atoms with Crippen LogP contribution in [0.1, 0.15) is 112 Å². The second kappa shape index (κ2) is 7.53. The van der Waals surface area contributed by atoms with Crippen LogP contribution in [0.4, 0.5) is 0 Å². The van der Waals surface area contributed by atoms with Crippen molar-refractivity contribution in [3.8, 4) is 0 Å². The highest BCUT2D eigenvalue weighted by Gasteiger charge is 2.58. The molecule has 0 bridgehead atoms. The first-order valence-corrected chi connectivity index (χ1v) is 12.6. The fourth-order valence-corrected chi connectivity index (χ4v) is 8.65. The first kappa shape index (κ1) is 20.0. The van der Waals surface area contributed by atoms with Crippen molar-refractivity contribution in [2.24, 2.45) is 46.3 Å². The van der Waals surface area contributed by atoms with Gasteiger partial charge in [-0.15, -0.1) is 0 Å². The molecular formula is C27H46. The molecule has 3 fully saturated rings. The van der Waals surface area contributed by atoms with Crippen molar-refractivity contribution in [3.63, 3.8) is 0 Å². The van der Waals surface area contributed by atoms with Crippen LogP contribution < -0.4 is 0 Å². The third-order valence-electron chi connectivity index (χ3n) is 10.2. The lowest BCUT2D eigenvalue weighted by Crippen LogP contribution is -2.52. The minimum Gasteiger partial charge on any atom is -0.0842 e. The van der Waals surface area contributed by atoms with E-state index < -0.39 is 0 Å². The molecule has 0 saturated heterocycles. The van der Waals surface area contributed by atoms with Crippen LogP contribution in [-0.2, 0) is 0 Å². The summed E-state index contributed by atoms with van der Waals surface area (Å²) in [7, 11) is 0. The first-order chi connectivity index (χ1) is 12.9. The number of hydrogen-bond donors (Lipinski definition) is 0. The molecule has 0 spiro atoms. The molecule has 0 amide bonds. The normalized spacial score (nSPS) is 45.0. The Bertz CT molecular complexity index is 556. The van der Waals surface area contributed by atoms with Crippen molar-refractivity contribution in [1.29, 1.82) is 0 Å². The first-order valence-electron chi connectivity index (χ1n) is 12.6. The smallest absolute Gasteiger partial charge is 0.00797 e. The van der Waals surface area contributed by atoms with Gasteiger partial charge in [0, 0.05) is 0 Å². The van der Waals surface area contributed by atoms with Gasteiger partial charge in [0.05, 0.1) is 0 Å². The number of fused-ring (bicyclic) bond motifs is 5. The van der Waals surface area contributed by atoms with Crippen LogP contribution in [0.2, 0.25) is 0 Å². The monoisotopic (exact) mass is 370 g/mol. The van der Waals surface area contributed by atoms with Crippen LogP contribution in [0.3, 0.4) is 0 Å². The van der Waals surface area contributed by atoms with Gasteiger partial charge in [-0.3, -0.25) is 0 Å². The second-order valence-electron chi connectivity index (χ2n) is 12.0. The lowest BCUT2D eigenvalue weighted by atomic mass is 9.44. The van der Waals surface area contributed by atoms with Gasteiger partial charge in [0.2, 0.25) is 0 Å². The summed E-state index contributed by atoms with van der Waals surface area (Å²) in [6.07, 6.45) is 20.6. The van der Waals surface area contributed by atoms with Crippen LogP contribution in [0.15, 0.2) is 11.6 Å². The molecule has 1 unspecified atom stereocenters. The van der Waals surface area contributed by atoms with Crippen LogP contribution in [0, 0.1) is 46.3 Å². The maximum Gasteiger partial charge on any atom is -0.00797 e. The summed E-state index contributed by atoms with van der Waals surface area (Å²) in [4.78, 5) is 0. The lowest BCUT2D eigenvalue weighted by molar-refractivity contribution is -0.0999. The summed E-state index contributed by atoms with van der Waals surface area (Å²) in [5, 5.41) is 0. The molecule has 4 aliphatic rings. The average molecular weight is 371 g/mol. The Morgan fingerprint density at radius 3 is 2.52 bits per heavy atom. The van der Waals surface area contributed by atoms with Crippen molar-refractivity contribution >= 4 is 0 Å². The molecule has 0 radical (unpaired) electrons. The molecule has 0 heterocycles. The fourth-order valence-electron chi connectivity index (χ4n) is 8.65. The molecule has 0 nitrogen and oxygen atoms in total. The highest BCUT2D eigenvalue weighted by atomic mass is 14.6. The molecule has 0 aliphatic heterocycles. The molecule has 154 valence electrons. The van der Waals surface area contributed by atoms with Crippen LogP contribution in [0.5, 0.6) is 0 Å². The summed E-state index contributed by atoms with van der Waals surface area (Å²) in [5.74, 6) is 5.77. The van der Waals surface area contributed by atoms with E-state index in [4.69, 9.17) is 0 Å². The van der Waals surface area contributed by atoms with Gasteiger partial charge < -0.3 is 0 Å². The van der Waals surface area contributed by atoms with Crippen LogP contribution in [0.25, 0.3) is 0 Å². The molecule has 3 saturated carbocycles. The van der Waals surface area contributed by atoms with Crippen LogP contribution >= 0.6 is 0 Å². The van der Waals surface area contributed by atoms with E-state index >= 15 is 0 Å². The molecule has 4 aliphatic carbocycles. The van der Waals surface area contributed by atoms with Gasteiger partial charge in [-0.2, -0.15) is 0 Å². The van der Waals surface area contributed by atoms with E-state index in [-0.39, 0.29) is 0 Å². The van der Waals surface area contributed by atoms with Crippen molar-refractivity contribution in [2.75, 3.05) is 0 Å². The standard InChI is InChI=1S/C27H46/c1-19(2)9-8-10-20(3)23-14-15-24-22-13-12-21-11-6-7-17-26(21,4)25(22)16-18-27(23,24)5/h14,19-22,24-25H,6-13,15-18H2,1-5H3/t20-,21?,22+,24+,25+,26+,27-/m1/s1. The maximum absolute atomic E-state index is 2.74. The Balaban J connectivity index is 1.47. The van der Waals surface area contributed by atoms with Crippen molar-refractivity contribution in [3.05, 3.63) is 11.6 Å². The third kappa shape index (κ3) is 3.36. The molecule has 4 rings (SSSR count). The molecule has 0 aromatic rings. The Morgan fingerprint density at radius 2 is 1.74 bits per heavy atom. The molecule has 0 heteroatoms. The second-order valence-corrected chi connectivity index (χ2v) is 12.0. The van der Waals surface area contributed by atoms with Gasteiger partial charge in [-0.1, -0.05) is 72.0 Å².